The van der Waals surface area contributed by atoms with E-state index >= 15 is 0 Å². The summed E-state index contributed by atoms with van der Waals surface area (Å²) in [5.74, 6) is -0.910. The minimum absolute atomic E-state index is 0.0890. The van der Waals surface area contributed by atoms with E-state index in [0.717, 1.165) is 141 Å². The van der Waals surface area contributed by atoms with Crippen molar-refractivity contribution in [3.05, 3.63) is 134 Å². The lowest BCUT2D eigenvalue weighted by Crippen LogP contribution is -2.30. The molecule has 6 heteroatoms. The molecule has 0 aliphatic carbocycles. The van der Waals surface area contributed by atoms with Crippen LogP contribution in [0.4, 0.5) is 0 Å². The highest BCUT2D eigenvalue weighted by atomic mass is 16.6. The van der Waals surface area contributed by atoms with Crippen molar-refractivity contribution in [3.63, 3.8) is 0 Å². The molecule has 0 amide bonds. The molecule has 460 valence electrons. The number of carbonyl (C=O) groups is 3. The third-order valence-electron chi connectivity index (χ3n) is 14.2. The largest absolute Gasteiger partial charge is 0.462 e. The van der Waals surface area contributed by atoms with Gasteiger partial charge in [0.15, 0.2) is 6.10 Å². The Labute approximate surface area is 500 Å². The van der Waals surface area contributed by atoms with Crippen LogP contribution in [-0.4, -0.2) is 37.2 Å². The predicted molar refractivity (Wildman–Crippen MR) is 353 cm³/mol. The zero-order valence-electron chi connectivity index (χ0n) is 52.8. The molecule has 0 radical (unpaired) electrons. The molecule has 0 bridgehead atoms. The van der Waals surface area contributed by atoms with Gasteiger partial charge in [-0.1, -0.05) is 302 Å². The summed E-state index contributed by atoms with van der Waals surface area (Å²) in [4.78, 5) is 38.3. The Morgan fingerprint density at radius 3 is 0.753 bits per heavy atom. The first-order valence-corrected chi connectivity index (χ1v) is 33.7. The molecular weight excluding hydrogens is 997 g/mol. The van der Waals surface area contributed by atoms with Crippen LogP contribution in [0, 0.1) is 0 Å². The van der Waals surface area contributed by atoms with Crippen LogP contribution in [-0.2, 0) is 28.6 Å². The predicted octanol–water partition coefficient (Wildman–Crippen LogP) is 23.3. The van der Waals surface area contributed by atoms with Crippen molar-refractivity contribution in [3.8, 4) is 0 Å². The average molecular weight is 1120 g/mol. The Kier molecular flexibility index (Phi) is 64.3. The van der Waals surface area contributed by atoms with Crippen LogP contribution in [0.2, 0.25) is 0 Å². The molecule has 6 nitrogen and oxygen atoms in total. The molecule has 0 saturated carbocycles. The van der Waals surface area contributed by atoms with Crippen molar-refractivity contribution < 1.29 is 28.6 Å². The second kappa shape index (κ2) is 68.1. The molecule has 1 atom stereocenters. The van der Waals surface area contributed by atoms with Crippen LogP contribution < -0.4 is 0 Å². The first-order chi connectivity index (χ1) is 40.0. The maximum atomic E-state index is 12.9. The molecular formula is C75H124O6. The number of unbranched alkanes of at least 4 members (excludes halogenated alkanes) is 27. The van der Waals surface area contributed by atoms with Gasteiger partial charge in [-0.2, -0.15) is 0 Å². The van der Waals surface area contributed by atoms with E-state index in [1.54, 1.807) is 0 Å². The average Bonchev–Trinajstić information content (AvgIpc) is 3.47. The third-order valence-corrected chi connectivity index (χ3v) is 14.2. The fourth-order valence-corrected chi connectivity index (χ4v) is 9.18. The molecule has 0 heterocycles. The lowest BCUT2D eigenvalue weighted by Gasteiger charge is -2.18. The SMILES string of the molecule is CC/C=C\C/C=C\C/C=C\C/C=C\C/C=C\C/C=C\CCCCCCC(=O)OC(COC(=O)CCCCCCCCCCCCC)COC(=O)CCCCCCCCCCCCCCC/C=C\C/C=C\C/C=C\C/C=C\C/C=C\CC. The number of carbonyl (C=O) groups excluding carboxylic acids is 3. The van der Waals surface area contributed by atoms with Gasteiger partial charge in [0.2, 0.25) is 0 Å². The topological polar surface area (TPSA) is 78.9 Å². The summed E-state index contributed by atoms with van der Waals surface area (Å²) in [6, 6.07) is 0. The summed E-state index contributed by atoms with van der Waals surface area (Å²) in [6.07, 6.45) is 96.1. The summed E-state index contributed by atoms with van der Waals surface area (Å²) in [7, 11) is 0. The van der Waals surface area contributed by atoms with E-state index in [1.165, 1.54) is 122 Å². The Morgan fingerprint density at radius 1 is 0.259 bits per heavy atom. The van der Waals surface area contributed by atoms with Gasteiger partial charge < -0.3 is 14.2 Å². The summed E-state index contributed by atoms with van der Waals surface area (Å²) >= 11 is 0. The van der Waals surface area contributed by atoms with E-state index < -0.39 is 6.10 Å². The smallest absolute Gasteiger partial charge is 0.306 e. The Bertz CT molecular complexity index is 1720. The van der Waals surface area contributed by atoms with E-state index in [9.17, 15) is 14.4 Å². The van der Waals surface area contributed by atoms with Gasteiger partial charge in [-0.3, -0.25) is 14.4 Å². The van der Waals surface area contributed by atoms with Gasteiger partial charge >= 0.3 is 17.9 Å². The maximum absolute atomic E-state index is 12.9. The molecule has 81 heavy (non-hydrogen) atoms. The lowest BCUT2D eigenvalue weighted by atomic mass is 10.0. The molecule has 1 unspecified atom stereocenters. The van der Waals surface area contributed by atoms with Crippen molar-refractivity contribution in [2.24, 2.45) is 0 Å². The van der Waals surface area contributed by atoms with Crippen molar-refractivity contribution in [1.29, 1.82) is 0 Å². The van der Waals surface area contributed by atoms with Gasteiger partial charge in [0.25, 0.3) is 0 Å². The molecule has 0 fully saturated rings. The van der Waals surface area contributed by atoms with Crippen molar-refractivity contribution in [1.82, 2.24) is 0 Å². The van der Waals surface area contributed by atoms with E-state index in [4.69, 9.17) is 14.2 Å². The number of ether oxygens (including phenoxy) is 3. The summed E-state index contributed by atoms with van der Waals surface area (Å²) < 4.78 is 16.9. The Hall–Kier alpha value is -4.45. The molecule has 0 aromatic carbocycles. The minimum Gasteiger partial charge on any atom is -0.462 e. The van der Waals surface area contributed by atoms with Crippen LogP contribution >= 0.6 is 0 Å². The van der Waals surface area contributed by atoms with E-state index in [-0.39, 0.29) is 31.1 Å². The molecule has 0 aromatic rings. The highest BCUT2D eigenvalue weighted by Gasteiger charge is 2.19. The summed E-state index contributed by atoms with van der Waals surface area (Å²) in [5.41, 5.74) is 0. The minimum atomic E-state index is -0.795. The fraction of sp³-hybridized carbons (Fsp3) is 0.667. The van der Waals surface area contributed by atoms with Gasteiger partial charge in [-0.15, -0.1) is 0 Å². The van der Waals surface area contributed by atoms with Gasteiger partial charge in [-0.05, 0) is 116 Å². The van der Waals surface area contributed by atoms with Gasteiger partial charge in [0.1, 0.15) is 13.2 Å². The number of rotatable bonds is 60. The monoisotopic (exact) mass is 1120 g/mol. The highest BCUT2D eigenvalue weighted by Crippen LogP contribution is 2.16. The molecule has 0 spiro atoms. The summed E-state index contributed by atoms with van der Waals surface area (Å²) in [6.45, 7) is 6.40. The van der Waals surface area contributed by atoms with Crippen molar-refractivity contribution in [2.75, 3.05) is 13.2 Å². The highest BCUT2D eigenvalue weighted by molar-refractivity contribution is 5.71. The van der Waals surface area contributed by atoms with Crippen LogP contribution in [0.5, 0.6) is 0 Å². The van der Waals surface area contributed by atoms with Crippen molar-refractivity contribution in [2.45, 2.75) is 309 Å². The van der Waals surface area contributed by atoms with Crippen LogP contribution in [0.25, 0.3) is 0 Å². The first-order valence-electron chi connectivity index (χ1n) is 33.7. The quantitative estimate of drug-likeness (QED) is 0.0261. The van der Waals surface area contributed by atoms with E-state index in [1.807, 2.05) is 0 Å². The number of hydrogen-bond donors (Lipinski definition) is 0. The second-order valence-electron chi connectivity index (χ2n) is 22.0. The summed E-state index contributed by atoms with van der Waals surface area (Å²) in [5, 5.41) is 0. The van der Waals surface area contributed by atoms with Gasteiger partial charge in [0, 0.05) is 19.3 Å². The van der Waals surface area contributed by atoms with E-state index in [0.29, 0.717) is 19.3 Å². The Morgan fingerprint density at radius 2 is 0.481 bits per heavy atom. The van der Waals surface area contributed by atoms with Crippen LogP contribution in [0.15, 0.2) is 134 Å². The Balaban J connectivity index is 4.30. The molecule has 0 rings (SSSR count). The number of allylic oxidation sites excluding steroid dienone is 22. The van der Waals surface area contributed by atoms with E-state index in [2.05, 4.69) is 154 Å². The molecule has 0 aliphatic rings. The molecule has 0 aliphatic heterocycles. The van der Waals surface area contributed by atoms with Gasteiger partial charge in [0.05, 0.1) is 0 Å². The standard InChI is InChI=1S/C75H124O6/c1-4-7-10-13-16-19-22-24-26-28-30-32-34-35-36-37-38-39-41-42-44-46-48-50-53-56-59-62-65-68-74(77)80-71-72(70-79-73(76)67-64-61-58-55-52-21-18-15-12-9-6-3)81-75(78)69-66-63-60-57-54-51-49-47-45-43-40-33-31-29-27-25-23-20-17-14-11-8-5-2/h7-8,10-11,16-17,19-20,24-27,30-33,35-36,43,45,49,51,72H,4-6,9,12-15,18,21-23,28-29,34,37-42,44,46-48,50,52-71H2,1-3H3/b10-7-,11-8-,19-16-,20-17-,26-24-,27-25-,32-30-,33-31-,36-35-,45-43-,51-49-. The van der Waals surface area contributed by atoms with Crippen LogP contribution in [0.1, 0.15) is 303 Å². The molecule has 0 aromatic heterocycles. The number of esters is 3. The maximum Gasteiger partial charge on any atom is 0.306 e. The first kappa shape index (κ1) is 76.5. The molecule has 0 saturated heterocycles. The lowest BCUT2D eigenvalue weighted by molar-refractivity contribution is -0.167. The molecule has 0 N–H and O–H groups in total. The third kappa shape index (κ3) is 66.2. The zero-order chi connectivity index (χ0) is 58.5. The number of hydrogen-bond acceptors (Lipinski definition) is 6. The zero-order valence-corrected chi connectivity index (χ0v) is 52.8. The second-order valence-corrected chi connectivity index (χ2v) is 22.0. The normalized spacial score (nSPS) is 13.0. The van der Waals surface area contributed by atoms with Crippen LogP contribution in [0.3, 0.4) is 0 Å². The van der Waals surface area contributed by atoms with Crippen molar-refractivity contribution >= 4 is 17.9 Å². The van der Waals surface area contributed by atoms with Gasteiger partial charge in [-0.25, -0.2) is 0 Å². The fourth-order valence-electron chi connectivity index (χ4n) is 9.18.